The van der Waals surface area contributed by atoms with Crippen LogP contribution in [0.2, 0.25) is 0 Å². The summed E-state index contributed by atoms with van der Waals surface area (Å²) in [5.74, 6) is 0.355. The Bertz CT molecular complexity index is 973. The van der Waals surface area contributed by atoms with Gasteiger partial charge in [0.25, 0.3) is 0 Å². The van der Waals surface area contributed by atoms with Crippen LogP contribution in [0.3, 0.4) is 0 Å². The molecule has 3 unspecified atom stereocenters. The summed E-state index contributed by atoms with van der Waals surface area (Å²) in [4.78, 5) is 14.9. The maximum absolute atomic E-state index is 14.1. The molecule has 4 rings (SSSR count). The quantitative estimate of drug-likeness (QED) is 0.583. The van der Waals surface area contributed by atoms with E-state index in [1.807, 2.05) is 19.9 Å². The van der Waals surface area contributed by atoms with Crippen molar-refractivity contribution in [1.29, 1.82) is 0 Å². The molecule has 1 aromatic carbocycles. The van der Waals surface area contributed by atoms with Crippen LogP contribution < -0.4 is 5.69 Å². The highest BCUT2D eigenvalue weighted by Gasteiger charge is 2.41. The highest BCUT2D eigenvalue weighted by molar-refractivity contribution is 5.26. The lowest BCUT2D eigenvalue weighted by Gasteiger charge is -2.39. The van der Waals surface area contributed by atoms with Gasteiger partial charge in [0.1, 0.15) is 12.4 Å². The Kier molecular flexibility index (Phi) is 7.63. The van der Waals surface area contributed by atoms with E-state index in [0.717, 1.165) is 31.2 Å². The Morgan fingerprint density at radius 2 is 1.94 bits per heavy atom. The largest absolute Gasteiger partial charge is 0.390 e. The summed E-state index contributed by atoms with van der Waals surface area (Å²) >= 11 is 0. The topological polar surface area (TPSA) is 81.8 Å². The first-order valence-electron chi connectivity index (χ1n) is 11.9. The number of fused-ring (bicyclic) bond motifs is 2. The smallest absolute Gasteiger partial charge is 0.346 e. The molecule has 0 amide bonds. The minimum atomic E-state index is -0.695. The minimum absolute atomic E-state index is 0.0920. The van der Waals surface area contributed by atoms with Gasteiger partial charge >= 0.3 is 5.69 Å². The number of aliphatic hydroxyl groups is 1. The highest BCUT2D eigenvalue weighted by Crippen LogP contribution is 2.37. The Morgan fingerprint density at radius 1 is 1.21 bits per heavy atom. The number of ether oxygens (including phenoxy) is 2. The molecule has 0 radical (unpaired) electrons. The lowest BCUT2D eigenvalue weighted by Crippen LogP contribution is -2.49. The molecule has 0 spiro atoms. The molecule has 2 aromatic rings. The van der Waals surface area contributed by atoms with Crippen LogP contribution in [0.15, 0.2) is 23.0 Å². The molecular weight excluding hydrogens is 427 g/mol. The monoisotopic (exact) mass is 462 g/mol. The molecule has 0 aliphatic carbocycles. The molecule has 3 heterocycles. The third-order valence-electron chi connectivity index (χ3n) is 7.05. The zero-order chi connectivity index (χ0) is 23.5. The number of rotatable bonds is 10. The van der Waals surface area contributed by atoms with Crippen LogP contribution in [0.25, 0.3) is 0 Å². The van der Waals surface area contributed by atoms with Crippen LogP contribution in [0, 0.1) is 12.7 Å². The highest BCUT2D eigenvalue weighted by atomic mass is 19.1. The third-order valence-corrected chi connectivity index (χ3v) is 7.05. The molecule has 2 aliphatic rings. The van der Waals surface area contributed by atoms with E-state index in [0.29, 0.717) is 36.6 Å². The van der Waals surface area contributed by atoms with E-state index >= 15 is 0 Å². The van der Waals surface area contributed by atoms with Gasteiger partial charge < -0.3 is 14.6 Å². The van der Waals surface area contributed by atoms with Crippen LogP contribution >= 0.6 is 0 Å². The number of halogens is 1. The van der Waals surface area contributed by atoms with Gasteiger partial charge in [-0.05, 0) is 51.2 Å². The molecular formula is C24H35FN4O4. The lowest BCUT2D eigenvalue weighted by molar-refractivity contribution is -0.0410. The fourth-order valence-corrected chi connectivity index (χ4v) is 5.37. The Balaban J connectivity index is 1.33. The van der Waals surface area contributed by atoms with Gasteiger partial charge in [-0.25, -0.2) is 13.9 Å². The van der Waals surface area contributed by atoms with Crippen molar-refractivity contribution < 1.29 is 19.0 Å². The number of piperidine rings is 1. The third kappa shape index (κ3) is 5.21. The predicted octanol–water partition coefficient (Wildman–Crippen LogP) is 2.23. The van der Waals surface area contributed by atoms with E-state index in [2.05, 4.69) is 10.00 Å². The van der Waals surface area contributed by atoms with Gasteiger partial charge in [0.05, 0.1) is 25.4 Å². The molecule has 2 aliphatic heterocycles. The number of aryl methyl sites for hydroxylation is 1. The van der Waals surface area contributed by atoms with Crippen LogP contribution in [0.5, 0.6) is 0 Å². The van der Waals surface area contributed by atoms with Crippen molar-refractivity contribution in [3.8, 4) is 0 Å². The van der Waals surface area contributed by atoms with E-state index in [1.165, 1.54) is 10.7 Å². The number of benzene rings is 1. The molecule has 1 N–H and O–H groups in total. The Labute approximate surface area is 193 Å². The molecule has 2 saturated heterocycles. The summed E-state index contributed by atoms with van der Waals surface area (Å²) < 4.78 is 28.3. The summed E-state index contributed by atoms with van der Waals surface area (Å²) in [7, 11) is 1.57. The van der Waals surface area contributed by atoms with Gasteiger partial charge in [0.15, 0.2) is 5.82 Å². The van der Waals surface area contributed by atoms with Gasteiger partial charge in [-0.1, -0.05) is 12.1 Å². The van der Waals surface area contributed by atoms with Gasteiger partial charge in [0, 0.05) is 37.8 Å². The first-order valence-corrected chi connectivity index (χ1v) is 11.9. The summed E-state index contributed by atoms with van der Waals surface area (Å²) in [6.45, 7) is 5.51. The SMILES string of the molecule is CCn1c(COC)nn(CC(O)CN2C3CCC2CC(OCc2c(C)cccc2F)C3)c1=O. The molecule has 9 heteroatoms. The van der Waals surface area contributed by atoms with Crippen LogP contribution in [-0.2, 0) is 35.8 Å². The predicted molar refractivity (Wildman–Crippen MR) is 121 cm³/mol. The lowest BCUT2D eigenvalue weighted by atomic mass is 9.99. The maximum atomic E-state index is 14.1. The van der Waals surface area contributed by atoms with E-state index < -0.39 is 6.10 Å². The first-order chi connectivity index (χ1) is 15.9. The number of aromatic nitrogens is 3. The maximum Gasteiger partial charge on any atom is 0.346 e. The van der Waals surface area contributed by atoms with Crippen LogP contribution in [-0.4, -0.2) is 62.3 Å². The van der Waals surface area contributed by atoms with Crippen molar-refractivity contribution in [3.63, 3.8) is 0 Å². The molecule has 2 bridgehead atoms. The van der Waals surface area contributed by atoms with Gasteiger partial charge in [-0.3, -0.25) is 9.47 Å². The van der Waals surface area contributed by atoms with Crippen LogP contribution in [0.4, 0.5) is 4.39 Å². The minimum Gasteiger partial charge on any atom is -0.390 e. The van der Waals surface area contributed by atoms with E-state index in [-0.39, 0.29) is 37.4 Å². The second-order valence-corrected chi connectivity index (χ2v) is 9.23. The normalized spacial score (nSPS) is 23.8. The summed E-state index contributed by atoms with van der Waals surface area (Å²) in [5, 5.41) is 15.1. The summed E-state index contributed by atoms with van der Waals surface area (Å²) in [5.41, 5.74) is 1.32. The van der Waals surface area contributed by atoms with Crippen molar-refractivity contribution in [2.75, 3.05) is 13.7 Å². The number of hydrogen-bond donors (Lipinski definition) is 1. The molecule has 2 fully saturated rings. The fraction of sp³-hybridized carbons (Fsp3) is 0.667. The zero-order valence-corrected chi connectivity index (χ0v) is 19.7. The number of aliphatic hydroxyl groups excluding tert-OH is 1. The number of nitrogens with zero attached hydrogens (tertiary/aromatic N) is 4. The number of methoxy groups -OCH3 is 1. The van der Waals surface area contributed by atoms with Crippen molar-refractivity contribution in [2.45, 2.75) is 90.1 Å². The van der Waals surface area contributed by atoms with Crippen molar-refractivity contribution in [1.82, 2.24) is 19.2 Å². The second kappa shape index (κ2) is 10.5. The Morgan fingerprint density at radius 3 is 2.58 bits per heavy atom. The molecule has 0 saturated carbocycles. The van der Waals surface area contributed by atoms with E-state index in [9.17, 15) is 14.3 Å². The van der Waals surface area contributed by atoms with Crippen LogP contribution in [0.1, 0.15) is 49.6 Å². The second-order valence-electron chi connectivity index (χ2n) is 9.23. The van der Waals surface area contributed by atoms with E-state index in [1.54, 1.807) is 17.7 Å². The number of hydrogen-bond acceptors (Lipinski definition) is 6. The van der Waals surface area contributed by atoms with Crippen molar-refractivity contribution >= 4 is 0 Å². The van der Waals surface area contributed by atoms with Crippen molar-refractivity contribution in [2.24, 2.45) is 0 Å². The Hall–Kier alpha value is -2.07. The van der Waals surface area contributed by atoms with Crippen molar-refractivity contribution in [3.05, 3.63) is 51.5 Å². The summed E-state index contributed by atoms with van der Waals surface area (Å²) in [6.07, 6.45) is 3.28. The van der Waals surface area contributed by atoms with Gasteiger partial charge in [-0.15, -0.1) is 0 Å². The molecule has 33 heavy (non-hydrogen) atoms. The first kappa shape index (κ1) is 24.1. The molecule has 1 aromatic heterocycles. The summed E-state index contributed by atoms with van der Waals surface area (Å²) in [6, 6.07) is 5.77. The standard InChI is InChI=1S/C24H35FN4O4/c1-4-27-23(15-32-3)26-29(24(27)31)13-19(30)12-28-17-8-9-18(28)11-20(10-17)33-14-21-16(2)6-5-7-22(21)25/h5-7,17-20,30H,4,8-15H2,1-3H3. The van der Waals surface area contributed by atoms with Gasteiger partial charge in [0.2, 0.25) is 0 Å². The van der Waals surface area contributed by atoms with E-state index in [4.69, 9.17) is 9.47 Å². The zero-order valence-electron chi connectivity index (χ0n) is 19.7. The average molecular weight is 463 g/mol. The average Bonchev–Trinajstić information content (AvgIpc) is 3.18. The molecule has 3 atom stereocenters. The molecule has 182 valence electrons. The molecule has 8 nitrogen and oxygen atoms in total. The van der Waals surface area contributed by atoms with Gasteiger partial charge in [-0.2, -0.15) is 5.10 Å². The fourth-order valence-electron chi connectivity index (χ4n) is 5.37.